The summed E-state index contributed by atoms with van der Waals surface area (Å²) in [6.07, 6.45) is 2.09. The smallest absolute Gasteiger partial charge is 0.307 e. The fourth-order valence-corrected chi connectivity index (χ4v) is 3.70. The van der Waals surface area contributed by atoms with Crippen LogP contribution < -0.4 is 0 Å². The van der Waals surface area contributed by atoms with Crippen molar-refractivity contribution in [2.75, 3.05) is 0 Å². The van der Waals surface area contributed by atoms with Gasteiger partial charge in [-0.3, -0.25) is 9.79 Å². The minimum absolute atomic E-state index is 0.169. The molecule has 0 spiro atoms. The molecule has 0 radical (unpaired) electrons. The lowest BCUT2D eigenvalue weighted by Crippen LogP contribution is -2.26. The van der Waals surface area contributed by atoms with E-state index < -0.39 is 5.60 Å². The van der Waals surface area contributed by atoms with Gasteiger partial charge in [0.25, 0.3) is 0 Å². The third kappa shape index (κ3) is 7.06. The van der Waals surface area contributed by atoms with Gasteiger partial charge in [0.15, 0.2) is 0 Å². The molecule has 166 valence electrons. The van der Waals surface area contributed by atoms with Crippen molar-refractivity contribution >= 4 is 23.8 Å². The minimum Gasteiger partial charge on any atom is -0.460 e. The zero-order valence-corrected chi connectivity index (χ0v) is 19.8. The van der Waals surface area contributed by atoms with Crippen molar-refractivity contribution < 1.29 is 9.53 Å². The van der Waals surface area contributed by atoms with Crippen LogP contribution in [0.25, 0.3) is 0 Å². The van der Waals surface area contributed by atoms with Crippen LogP contribution in [-0.4, -0.2) is 17.8 Å². The molecule has 3 nitrogen and oxygen atoms in total. The zero-order chi connectivity index (χ0) is 23.1. The Labute approximate surface area is 196 Å². The van der Waals surface area contributed by atoms with Gasteiger partial charge in [-0.1, -0.05) is 83.9 Å². The summed E-state index contributed by atoms with van der Waals surface area (Å²) in [4.78, 5) is 17.8. The number of hydrogen-bond donors (Lipinski definition) is 0. The van der Waals surface area contributed by atoms with E-state index in [0.717, 1.165) is 16.7 Å². The fraction of sp³-hybridized carbons (Fsp3) is 0.286. The van der Waals surface area contributed by atoms with Gasteiger partial charge in [-0.05, 0) is 56.5 Å². The number of rotatable bonds is 7. The quantitative estimate of drug-likeness (QED) is 0.281. The summed E-state index contributed by atoms with van der Waals surface area (Å²) < 4.78 is 5.67. The maximum absolute atomic E-state index is 12.9. The van der Waals surface area contributed by atoms with Crippen molar-refractivity contribution in [3.63, 3.8) is 0 Å². The number of aryl methyl sites for hydroxylation is 1. The Morgan fingerprint density at radius 3 is 2.16 bits per heavy atom. The summed E-state index contributed by atoms with van der Waals surface area (Å²) in [5.41, 5.74) is 3.70. The fourth-order valence-electron chi connectivity index (χ4n) is 3.58. The lowest BCUT2D eigenvalue weighted by molar-refractivity contribution is -0.155. The standard InChI is InChI=1S/C28H30ClNO2/c1-20-10-14-23(15-11-20)27(30-19-21-12-16-24(29)17-13-21)25(22-8-6-5-7-9-22)18-26(31)32-28(2,3)4/h5-17,19,25,27H,18H2,1-4H3/t25-,27+/m1/s1. The van der Waals surface area contributed by atoms with Gasteiger partial charge in [-0.2, -0.15) is 0 Å². The zero-order valence-electron chi connectivity index (χ0n) is 19.1. The van der Waals surface area contributed by atoms with Gasteiger partial charge in [0.1, 0.15) is 5.60 Å². The average Bonchev–Trinajstić information content (AvgIpc) is 2.75. The molecule has 3 rings (SSSR count). The van der Waals surface area contributed by atoms with Gasteiger partial charge in [0.2, 0.25) is 0 Å². The number of esters is 1. The number of carbonyl (C=O) groups excluding carboxylic acids is 1. The highest BCUT2D eigenvalue weighted by atomic mass is 35.5. The second kappa shape index (κ2) is 10.6. The molecule has 0 aliphatic carbocycles. The van der Waals surface area contributed by atoms with E-state index >= 15 is 0 Å². The van der Waals surface area contributed by atoms with Gasteiger partial charge in [-0.15, -0.1) is 0 Å². The lowest BCUT2D eigenvalue weighted by Gasteiger charge is -2.27. The minimum atomic E-state index is -0.537. The van der Waals surface area contributed by atoms with E-state index in [2.05, 4.69) is 31.2 Å². The Bertz CT molecular complexity index is 1040. The molecule has 4 heteroatoms. The first-order chi connectivity index (χ1) is 15.2. The number of halogens is 1. The first-order valence-corrected chi connectivity index (χ1v) is 11.2. The molecule has 0 aliphatic heterocycles. The topological polar surface area (TPSA) is 38.7 Å². The van der Waals surface area contributed by atoms with Crippen molar-refractivity contribution in [1.82, 2.24) is 0 Å². The highest BCUT2D eigenvalue weighted by Gasteiger charge is 2.29. The van der Waals surface area contributed by atoms with E-state index in [-0.39, 0.29) is 24.3 Å². The molecule has 0 unspecified atom stereocenters. The summed E-state index contributed by atoms with van der Waals surface area (Å²) in [7, 11) is 0. The van der Waals surface area contributed by atoms with Crippen LogP contribution in [0.4, 0.5) is 0 Å². The summed E-state index contributed by atoms with van der Waals surface area (Å²) in [6.45, 7) is 7.72. The Balaban J connectivity index is 2.02. The molecule has 3 aromatic rings. The molecule has 0 aromatic heterocycles. The van der Waals surface area contributed by atoms with Crippen LogP contribution in [0.5, 0.6) is 0 Å². The molecule has 0 N–H and O–H groups in total. The van der Waals surface area contributed by atoms with Gasteiger partial charge < -0.3 is 4.74 Å². The highest BCUT2D eigenvalue weighted by Crippen LogP contribution is 2.37. The van der Waals surface area contributed by atoms with Crippen molar-refractivity contribution in [3.05, 3.63) is 106 Å². The second-order valence-corrected chi connectivity index (χ2v) is 9.43. The van der Waals surface area contributed by atoms with Gasteiger partial charge in [0.05, 0.1) is 12.5 Å². The summed E-state index contributed by atoms with van der Waals surface area (Å²) in [5, 5.41) is 0.685. The Morgan fingerprint density at radius 1 is 0.938 bits per heavy atom. The van der Waals surface area contributed by atoms with Gasteiger partial charge >= 0.3 is 5.97 Å². The van der Waals surface area contributed by atoms with Crippen LogP contribution in [0.3, 0.4) is 0 Å². The molecule has 32 heavy (non-hydrogen) atoms. The van der Waals surface area contributed by atoms with E-state index in [9.17, 15) is 4.79 Å². The lowest BCUT2D eigenvalue weighted by atomic mass is 9.84. The Kier molecular flexibility index (Phi) is 7.87. The van der Waals surface area contributed by atoms with Crippen LogP contribution >= 0.6 is 11.6 Å². The second-order valence-electron chi connectivity index (χ2n) is 8.99. The monoisotopic (exact) mass is 447 g/mol. The van der Waals surface area contributed by atoms with Crippen LogP contribution in [0, 0.1) is 6.92 Å². The molecule has 0 aliphatic rings. The molecule has 0 heterocycles. The third-order valence-corrected chi connectivity index (χ3v) is 5.34. The SMILES string of the molecule is Cc1ccc([C@H](N=Cc2ccc(Cl)cc2)[C@H](CC(=O)OC(C)(C)C)c2ccccc2)cc1. The van der Waals surface area contributed by atoms with Gasteiger partial charge in [-0.25, -0.2) is 0 Å². The normalized spacial score (nSPS) is 13.7. The maximum atomic E-state index is 12.9. The maximum Gasteiger partial charge on any atom is 0.307 e. The number of nitrogens with zero attached hydrogens (tertiary/aromatic N) is 1. The summed E-state index contributed by atoms with van der Waals surface area (Å²) in [5.74, 6) is -0.400. The largest absolute Gasteiger partial charge is 0.460 e. The van der Waals surface area contributed by atoms with E-state index in [4.69, 9.17) is 21.3 Å². The molecule has 2 atom stereocenters. The number of carbonyl (C=O) groups is 1. The molecule has 0 saturated carbocycles. The van der Waals surface area contributed by atoms with Crippen molar-refractivity contribution in [3.8, 4) is 0 Å². The number of aliphatic imine (C=N–C) groups is 1. The Hall–Kier alpha value is -2.91. The van der Waals surface area contributed by atoms with Crippen molar-refractivity contribution in [1.29, 1.82) is 0 Å². The predicted molar refractivity (Wildman–Crippen MR) is 133 cm³/mol. The first-order valence-electron chi connectivity index (χ1n) is 10.8. The molecule has 0 amide bonds. The van der Waals surface area contributed by atoms with E-state index in [0.29, 0.717) is 5.02 Å². The van der Waals surface area contributed by atoms with Crippen molar-refractivity contribution in [2.45, 2.75) is 51.7 Å². The van der Waals surface area contributed by atoms with E-state index in [1.165, 1.54) is 5.56 Å². The first kappa shape index (κ1) is 23.7. The Morgan fingerprint density at radius 2 is 1.56 bits per heavy atom. The molecular weight excluding hydrogens is 418 g/mol. The third-order valence-electron chi connectivity index (χ3n) is 5.09. The molecule has 0 bridgehead atoms. The van der Waals surface area contributed by atoms with E-state index in [1.807, 2.05) is 81.6 Å². The summed E-state index contributed by atoms with van der Waals surface area (Å²) >= 11 is 6.03. The van der Waals surface area contributed by atoms with Crippen LogP contribution in [-0.2, 0) is 9.53 Å². The molecular formula is C28H30ClNO2. The molecule has 0 saturated heterocycles. The molecule has 0 fully saturated rings. The van der Waals surface area contributed by atoms with Crippen LogP contribution in [0.1, 0.15) is 61.4 Å². The van der Waals surface area contributed by atoms with E-state index in [1.54, 1.807) is 0 Å². The number of ether oxygens (including phenoxy) is 1. The summed E-state index contributed by atoms with van der Waals surface area (Å²) in [6, 6.07) is 25.7. The molecule has 3 aromatic carbocycles. The van der Waals surface area contributed by atoms with Crippen molar-refractivity contribution in [2.24, 2.45) is 4.99 Å². The predicted octanol–water partition coefficient (Wildman–Crippen LogP) is 7.32. The number of hydrogen-bond acceptors (Lipinski definition) is 3. The number of benzene rings is 3. The van der Waals surface area contributed by atoms with Crippen LogP contribution in [0.2, 0.25) is 5.02 Å². The highest BCUT2D eigenvalue weighted by molar-refractivity contribution is 6.30. The van der Waals surface area contributed by atoms with Crippen LogP contribution in [0.15, 0.2) is 83.9 Å². The van der Waals surface area contributed by atoms with Gasteiger partial charge in [0, 0.05) is 17.2 Å². The average molecular weight is 448 g/mol.